The van der Waals surface area contributed by atoms with Gasteiger partial charge >= 0.3 is 0 Å². The molecule has 2 aromatic heterocycles. The second-order valence-corrected chi connectivity index (χ2v) is 9.57. The molecule has 5 heterocycles. The van der Waals surface area contributed by atoms with Crippen LogP contribution in [0, 0.1) is 5.92 Å². The third-order valence-electron chi connectivity index (χ3n) is 6.58. The third-order valence-corrected chi connectivity index (χ3v) is 7.80. The number of hydrogen-bond acceptors (Lipinski definition) is 6. The molecular weight excluding hydrogens is 455 g/mol. The summed E-state index contributed by atoms with van der Waals surface area (Å²) in [5.74, 6) is 1.35. The fraction of sp³-hybridized carbons (Fsp3) is 0.545. The fourth-order valence-electron chi connectivity index (χ4n) is 4.93. The summed E-state index contributed by atoms with van der Waals surface area (Å²) in [6.07, 6.45) is 4.48. The van der Waals surface area contributed by atoms with Gasteiger partial charge in [-0.3, -0.25) is 4.79 Å². The number of carbonyl (C=O) groups is 1. The first kappa shape index (κ1) is 24.3. The second kappa shape index (κ2) is 10.0. The third kappa shape index (κ3) is 4.86. The number of carbonyl (C=O) groups excluding carboxylic acids is 1. The van der Waals surface area contributed by atoms with Crippen LogP contribution in [0.25, 0.3) is 10.6 Å². The molecule has 2 fully saturated rings. The number of fused-ring (bicyclic) bond motifs is 2. The first-order chi connectivity index (χ1) is 14.1. The number of aromatic nitrogens is 1. The van der Waals surface area contributed by atoms with Gasteiger partial charge in [-0.2, -0.15) is 0 Å². The van der Waals surface area contributed by atoms with Gasteiger partial charge in [0.15, 0.2) is 0 Å². The highest BCUT2D eigenvalue weighted by Crippen LogP contribution is 2.46. The van der Waals surface area contributed by atoms with Gasteiger partial charge in [-0.15, -0.1) is 36.2 Å². The number of halogens is 2. The Hall–Kier alpha value is -1.38. The van der Waals surface area contributed by atoms with Gasteiger partial charge in [-0.1, -0.05) is 6.07 Å². The number of hydrogen-bond donors (Lipinski definition) is 2. The van der Waals surface area contributed by atoms with Crippen LogP contribution >= 0.6 is 36.2 Å². The first-order valence-corrected chi connectivity index (χ1v) is 11.4. The molecule has 6 nitrogen and oxygen atoms in total. The molecule has 2 saturated heterocycles. The van der Waals surface area contributed by atoms with Crippen molar-refractivity contribution in [3.05, 3.63) is 34.7 Å². The van der Waals surface area contributed by atoms with Crippen molar-refractivity contribution in [1.29, 1.82) is 0 Å². The average molecular weight is 485 g/mol. The van der Waals surface area contributed by atoms with E-state index in [4.69, 9.17) is 10.5 Å². The topological polar surface area (TPSA) is 80.5 Å². The van der Waals surface area contributed by atoms with E-state index < -0.39 is 0 Å². The van der Waals surface area contributed by atoms with Crippen molar-refractivity contribution in [2.24, 2.45) is 5.92 Å². The lowest BCUT2D eigenvalue weighted by Crippen LogP contribution is -2.48. The minimum atomic E-state index is -0.256. The zero-order valence-electron chi connectivity index (χ0n) is 17.5. The quantitative estimate of drug-likeness (QED) is 0.694. The smallest absolute Gasteiger partial charge is 0.222 e. The molecule has 1 atom stereocenters. The maximum Gasteiger partial charge on any atom is 0.222 e. The molecule has 0 saturated carbocycles. The SMILES string of the molecule is Cl.Cl.Nc1cccc(-c2cc3c(s2)CCOC32CCN(C(=O)CC3CCNC3)CC2)n1. The molecule has 31 heavy (non-hydrogen) atoms. The van der Waals surface area contributed by atoms with Crippen LogP contribution in [0.1, 0.15) is 36.1 Å². The van der Waals surface area contributed by atoms with Gasteiger partial charge in [0.2, 0.25) is 5.91 Å². The number of likely N-dealkylation sites (tertiary alicyclic amines) is 1. The predicted octanol–water partition coefficient (Wildman–Crippen LogP) is 3.63. The van der Waals surface area contributed by atoms with Crippen LogP contribution < -0.4 is 11.1 Å². The van der Waals surface area contributed by atoms with E-state index in [1.54, 1.807) is 0 Å². The molecule has 1 amide bonds. The number of piperidine rings is 1. The lowest BCUT2D eigenvalue weighted by Gasteiger charge is -2.44. The summed E-state index contributed by atoms with van der Waals surface area (Å²) >= 11 is 1.81. The lowest BCUT2D eigenvalue weighted by atomic mass is 9.82. The summed E-state index contributed by atoms with van der Waals surface area (Å²) in [5.41, 5.74) is 7.86. The Bertz CT molecular complexity index is 909. The van der Waals surface area contributed by atoms with Crippen molar-refractivity contribution < 1.29 is 9.53 Å². The number of anilines is 1. The van der Waals surface area contributed by atoms with Gasteiger partial charge in [-0.05, 0) is 62.0 Å². The van der Waals surface area contributed by atoms with Gasteiger partial charge in [0.05, 0.1) is 22.8 Å². The predicted molar refractivity (Wildman–Crippen MR) is 129 cm³/mol. The first-order valence-electron chi connectivity index (χ1n) is 10.6. The normalized spacial score (nSPS) is 21.8. The molecular formula is C22H30Cl2N4O2S. The van der Waals surface area contributed by atoms with Crippen molar-refractivity contribution in [3.8, 4) is 10.6 Å². The second-order valence-electron chi connectivity index (χ2n) is 8.43. The number of nitrogen functional groups attached to an aromatic ring is 1. The van der Waals surface area contributed by atoms with Crippen LogP contribution in [-0.2, 0) is 21.6 Å². The van der Waals surface area contributed by atoms with E-state index in [2.05, 4.69) is 16.4 Å². The largest absolute Gasteiger partial charge is 0.384 e. The van der Waals surface area contributed by atoms with E-state index in [0.717, 1.165) is 69.0 Å². The number of thiophene rings is 1. The maximum atomic E-state index is 12.7. The number of amides is 1. The van der Waals surface area contributed by atoms with Gasteiger partial charge in [0, 0.05) is 30.8 Å². The molecule has 9 heteroatoms. The fourth-order valence-corrected chi connectivity index (χ4v) is 6.13. The summed E-state index contributed by atoms with van der Waals surface area (Å²) in [7, 11) is 0. The highest BCUT2D eigenvalue weighted by Gasteiger charge is 2.43. The Morgan fingerprint density at radius 2 is 2.13 bits per heavy atom. The van der Waals surface area contributed by atoms with Crippen molar-refractivity contribution in [1.82, 2.24) is 15.2 Å². The number of nitrogens with one attached hydrogen (secondary N) is 1. The molecule has 1 spiro atoms. The molecule has 3 N–H and O–H groups in total. The molecule has 0 aromatic carbocycles. The lowest BCUT2D eigenvalue weighted by molar-refractivity contribution is -0.141. The standard InChI is InChI=1S/C22H28N4O2S.2ClH/c23-20-3-1-2-17(25-20)19-13-16-18(29-19)5-11-28-22(16)6-9-26(10-7-22)21(27)12-15-4-8-24-14-15;;/h1-3,13,15,24H,4-12,14H2,(H2,23,25);2*1H. The van der Waals surface area contributed by atoms with Crippen LogP contribution in [0.2, 0.25) is 0 Å². The Morgan fingerprint density at radius 3 is 2.84 bits per heavy atom. The average Bonchev–Trinajstić information content (AvgIpc) is 3.39. The van der Waals surface area contributed by atoms with E-state index >= 15 is 0 Å². The minimum Gasteiger partial charge on any atom is -0.384 e. The minimum absolute atomic E-state index is 0. The van der Waals surface area contributed by atoms with Gasteiger partial charge in [0.1, 0.15) is 5.82 Å². The van der Waals surface area contributed by atoms with Gasteiger partial charge in [0.25, 0.3) is 0 Å². The van der Waals surface area contributed by atoms with Crippen molar-refractivity contribution >= 4 is 47.9 Å². The van der Waals surface area contributed by atoms with Crippen LogP contribution in [-0.4, -0.2) is 48.6 Å². The van der Waals surface area contributed by atoms with Crippen LogP contribution in [0.4, 0.5) is 5.82 Å². The zero-order valence-corrected chi connectivity index (χ0v) is 19.9. The summed E-state index contributed by atoms with van der Waals surface area (Å²) in [4.78, 5) is 21.8. The number of ether oxygens (including phenoxy) is 1. The van der Waals surface area contributed by atoms with E-state index in [9.17, 15) is 4.79 Å². The number of nitrogens with zero attached hydrogens (tertiary/aromatic N) is 2. The maximum absolute atomic E-state index is 12.7. The van der Waals surface area contributed by atoms with E-state index in [1.165, 1.54) is 10.4 Å². The van der Waals surface area contributed by atoms with Crippen LogP contribution in [0.5, 0.6) is 0 Å². The van der Waals surface area contributed by atoms with Crippen molar-refractivity contribution in [2.75, 3.05) is 38.5 Å². The summed E-state index contributed by atoms with van der Waals surface area (Å²) in [5, 5.41) is 3.35. The molecule has 1 unspecified atom stereocenters. The van der Waals surface area contributed by atoms with Crippen molar-refractivity contribution in [2.45, 2.75) is 37.7 Å². The Kier molecular flexibility index (Phi) is 7.86. The molecule has 3 aliphatic heterocycles. The molecule has 0 aliphatic carbocycles. The zero-order chi connectivity index (χ0) is 19.8. The van der Waals surface area contributed by atoms with Gasteiger partial charge in [-0.25, -0.2) is 4.98 Å². The number of pyridine rings is 1. The Labute approximate surface area is 199 Å². The molecule has 5 rings (SSSR count). The number of rotatable bonds is 3. The monoisotopic (exact) mass is 484 g/mol. The van der Waals surface area contributed by atoms with E-state index in [1.807, 2.05) is 34.4 Å². The van der Waals surface area contributed by atoms with Crippen LogP contribution in [0.3, 0.4) is 0 Å². The summed E-state index contributed by atoms with van der Waals surface area (Å²) in [6.45, 7) is 4.32. The highest BCUT2D eigenvalue weighted by molar-refractivity contribution is 7.15. The summed E-state index contributed by atoms with van der Waals surface area (Å²) in [6, 6.07) is 8.03. The number of nitrogens with two attached hydrogens (primary N) is 1. The Morgan fingerprint density at radius 1 is 1.32 bits per heavy atom. The molecule has 2 aromatic rings. The molecule has 3 aliphatic rings. The highest BCUT2D eigenvalue weighted by atomic mass is 35.5. The van der Waals surface area contributed by atoms with E-state index in [0.29, 0.717) is 24.1 Å². The van der Waals surface area contributed by atoms with Crippen LogP contribution in [0.15, 0.2) is 24.3 Å². The van der Waals surface area contributed by atoms with Crippen molar-refractivity contribution in [3.63, 3.8) is 0 Å². The Balaban J connectivity index is 0.00000136. The summed E-state index contributed by atoms with van der Waals surface area (Å²) < 4.78 is 6.38. The van der Waals surface area contributed by atoms with E-state index in [-0.39, 0.29) is 30.4 Å². The molecule has 0 bridgehead atoms. The van der Waals surface area contributed by atoms with Gasteiger partial charge < -0.3 is 20.7 Å². The molecule has 0 radical (unpaired) electrons. The molecule has 170 valence electrons.